The molecule has 3 aromatic rings. The third-order valence-electron chi connectivity index (χ3n) is 4.72. The van der Waals surface area contributed by atoms with Gasteiger partial charge in [0.2, 0.25) is 0 Å². The van der Waals surface area contributed by atoms with Crippen LogP contribution in [-0.2, 0) is 20.0 Å². The molecule has 11 heteroatoms. The Hall–Kier alpha value is -3.44. The molecule has 0 spiro atoms. The average molecular weight is 476 g/mol. The lowest BCUT2D eigenvalue weighted by Gasteiger charge is -2.14. The van der Waals surface area contributed by atoms with Crippen molar-refractivity contribution in [1.82, 2.24) is 0 Å². The van der Waals surface area contributed by atoms with E-state index in [0.29, 0.717) is 16.8 Å². The summed E-state index contributed by atoms with van der Waals surface area (Å²) in [5.41, 5.74) is 1.75. The molecule has 168 valence electrons. The van der Waals surface area contributed by atoms with Crippen LogP contribution in [0.5, 0.6) is 0 Å². The molecule has 0 heterocycles. The Morgan fingerprint density at radius 3 is 1.97 bits per heavy atom. The summed E-state index contributed by atoms with van der Waals surface area (Å²) < 4.78 is 56.1. The van der Waals surface area contributed by atoms with Gasteiger partial charge in [-0.2, -0.15) is 0 Å². The minimum Gasteiger partial charge on any atom is -0.280 e. The number of hydrogen-bond acceptors (Lipinski definition) is 6. The Labute approximate surface area is 186 Å². The summed E-state index contributed by atoms with van der Waals surface area (Å²) in [6.45, 7) is 4.94. The van der Waals surface area contributed by atoms with Crippen molar-refractivity contribution in [2.24, 2.45) is 0 Å². The van der Waals surface area contributed by atoms with E-state index in [1.807, 2.05) is 13.0 Å². The molecule has 0 aromatic heterocycles. The van der Waals surface area contributed by atoms with Crippen molar-refractivity contribution >= 4 is 37.1 Å². The number of sulfonamides is 2. The molecule has 0 aliphatic carbocycles. The highest BCUT2D eigenvalue weighted by Crippen LogP contribution is 2.27. The van der Waals surface area contributed by atoms with Crippen molar-refractivity contribution in [2.75, 3.05) is 9.44 Å². The molecule has 0 saturated carbocycles. The monoisotopic (exact) mass is 475 g/mol. The van der Waals surface area contributed by atoms with Gasteiger partial charge in [0.1, 0.15) is 0 Å². The second kappa shape index (κ2) is 8.60. The first-order valence-electron chi connectivity index (χ1n) is 9.37. The van der Waals surface area contributed by atoms with Crippen LogP contribution in [-0.4, -0.2) is 21.8 Å². The minimum atomic E-state index is -4.21. The predicted octanol–water partition coefficient (Wildman–Crippen LogP) is 4.12. The molecule has 3 aromatic carbocycles. The van der Waals surface area contributed by atoms with Gasteiger partial charge in [0.05, 0.1) is 20.4 Å². The Morgan fingerprint density at radius 1 is 0.750 bits per heavy atom. The number of aryl methyl sites for hydroxylation is 3. The lowest BCUT2D eigenvalue weighted by Crippen LogP contribution is -2.16. The SMILES string of the molecule is Cc1cccc(NS(=O)(=O)c2ccc(C)c(NS(=O)(=O)c3ccc(C)c([N+](=O)[O-])c3)c2)c1. The number of nitro benzene ring substituents is 1. The molecule has 32 heavy (non-hydrogen) atoms. The van der Waals surface area contributed by atoms with Crippen LogP contribution in [0.4, 0.5) is 17.1 Å². The van der Waals surface area contributed by atoms with Crippen molar-refractivity contribution in [3.8, 4) is 0 Å². The Kier molecular flexibility index (Phi) is 6.24. The molecule has 0 atom stereocenters. The first kappa shape index (κ1) is 23.2. The molecule has 0 amide bonds. The lowest BCUT2D eigenvalue weighted by atomic mass is 10.2. The summed E-state index contributed by atoms with van der Waals surface area (Å²) in [6, 6.07) is 14.4. The Bertz CT molecular complexity index is 1420. The Balaban J connectivity index is 1.95. The molecule has 0 unspecified atom stereocenters. The summed E-state index contributed by atoms with van der Waals surface area (Å²) >= 11 is 0. The summed E-state index contributed by atoms with van der Waals surface area (Å²) in [7, 11) is -8.19. The van der Waals surface area contributed by atoms with E-state index in [4.69, 9.17) is 0 Å². The average Bonchev–Trinajstić information content (AvgIpc) is 2.69. The normalized spacial score (nSPS) is 11.7. The summed E-state index contributed by atoms with van der Waals surface area (Å²) in [6.07, 6.45) is 0. The fourth-order valence-corrected chi connectivity index (χ4v) is 5.17. The second-order valence-corrected chi connectivity index (χ2v) is 10.6. The van der Waals surface area contributed by atoms with Crippen LogP contribution in [0.25, 0.3) is 0 Å². The van der Waals surface area contributed by atoms with Gasteiger partial charge in [-0.3, -0.25) is 19.6 Å². The van der Waals surface area contributed by atoms with Crippen LogP contribution in [0.15, 0.2) is 70.5 Å². The van der Waals surface area contributed by atoms with Crippen LogP contribution < -0.4 is 9.44 Å². The van der Waals surface area contributed by atoms with Crippen LogP contribution in [0.2, 0.25) is 0 Å². The zero-order chi connectivity index (χ0) is 23.7. The molecule has 0 fully saturated rings. The number of nitrogens with one attached hydrogen (secondary N) is 2. The Morgan fingerprint density at radius 2 is 1.34 bits per heavy atom. The molecule has 9 nitrogen and oxygen atoms in total. The van der Waals surface area contributed by atoms with Gasteiger partial charge in [-0.05, 0) is 62.2 Å². The van der Waals surface area contributed by atoms with E-state index in [0.717, 1.165) is 11.6 Å². The number of nitro groups is 1. The highest BCUT2D eigenvalue weighted by molar-refractivity contribution is 7.93. The van der Waals surface area contributed by atoms with E-state index >= 15 is 0 Å². The maximum atomic E-state index is 12.8. The fraction of sp³-hybridized carbons (Fsp3) is 0.143. The van der Waals surface area contributed by atoms with Gasteiger partial charge in [0.25, 0.3) is 25.7 Å². The van der Waals surface area contributed by atoms with Crippen molar-refractivity contribution in [3.63, 3.8) is 0 Å². The lowest BCUT2D eigenvalue weighted by molar-refractivity contribution is -0.385. The quantitative estimate of drug-likeness (QED) is 0.390. The van der Waals surface area contributed by atoms with E-state index in [9.17, 15) is 26.9 Å². The summed E-state index contributed by atoms with van der Waals surface area (Å²) in [5.74, 6) is 0. The van der Waals surface area contributed by atoms with E-state index in [2.05, 4.69) is 9.44 Å². The molecule has 3 rings (SSSR count). The van der Waals surface area contributed by atoms with Crippen molar-refractivity contribution < 1.29 is 21.8 Å². The molecule has 0 radical (unpaired) electrons. The van der Waals surface area contributed by atoms with Crippen molar-refractivity contribution in [2.45, 2.75) is 30.6 Å². The molecule has 2 N–H and O–H groups in total. The molecule has 0 bridgehead atoms. The maximum Gasteiger partial charge on any atom is 0.273 e. The number of anilines is 2. The molecular formula is C21H21N3O6S2. The topological polar surface area (TPSA) is 135 Å². The largest absolute Gasteiger partial charge is 0.280 e. The van der Waals surface area contributed by atoms with Crippen molar-refractivity contribution in [3.05, 3.63) is 87.5 Å². The molecule has 0 aliphatic heterocycles. The molecule has 0 aliphatic rings. The van der Waals surface area contributed by atoms with Gasteiger partial charge in [0.15, 0.2) is 0 Å². The third-order valence-corrected chi connectivity index (χ3v) is 7.46. The predicted molar refractivity (Wildman–Crippen MR) is 122 cm³/mol. The zero-order valence-corrected chi connectivity index (χ0v) is 19.1. The van der Waals surface area contributed by atoms with Crippen LogP contribution in [0.3, 0.4) is 0 Å². The zero-order valence-electron chi connectivity index (χ0n) is 17.5. The van der Waals surface area contributed by atoms with E-state index in [-0.39, 0.29) is 21.2 Å². The fourth-order valence-electron chi connectivity index (χ4n) is 2.96. The number of nitrogens with zero attached hydrogens (tertiary/aromatic N) is 1. The highest BCUT2D eigenvalue weighted by Gasteiger charge is 2.22. The summed E-state index contributed by atoms with van der Waals surface area (Å²) in [4.78, 5) is 10.0. The first-order chi connectivity index (χ1) is 14.9. The van der Waals surface area contributed by atoms with Crippen molar-refractivity contribution in [1.29, 1.82) is 0 Å². The summed E-state index contributed by atoms with van der Waals surface area (Å²) in [5, 5.41) is 11.2. The maximum absolute atomic E-state index is 12.8. The van der Waals surface area contributed by atoms with Gasteiger partial charge < -0.3 is 0 Å². The van der Waals surface area contributed by atoms with Gasteiger partial charge in [-0.25, -0.2) is 16.8 Å². The van der Waals surface area contributed by atoms with Crippen LogP contribution in [0, 0.1) is 30.9 Å². The smallest absolute Gasteiger partial charge is 0.273 e. The van der Waals surface area contributed by atoms with Crippen LogP contribution >= 0.6 is 0 Å². The minimum absolute atomic E-state index is 0.0420. The van der Waals surface area contributed by atoms with E-state index in [1.165, 1.54) is 37.3 Å². The number of benzene rings is 3. The number of rotatable bonds is 7. The second-order valence-electron chi connectivity index (χ2n) is 7.26. The van der Waals surface area contributed by atoms with E-state index in [1.54, 1.807) is 25.1 Å². The van der Waals surface area contributed by atoms with Gasteiger partial charge in [-0.15, -0.1) is 0 Å². The third kappa shape index (κ3) is 5.06. The molecular weight excluding hydrogens is 454 g/mol. The van der Waals surface area contributed by atoms with Gasteiger partial charge in [0, 0.05) is 17.3 Å². The molecule has 0 saturated heterocycles. The van der Waals surface area contributed by atoms with Crippen LogP contribution in [0.1, 0.15) is 16.7 Å². The standard InChI is InChI=1S/C21H21N3O6S2/c1-14-5-4-6-17(11-14)22-31(27,28)18-9-7-15(2)20(12-18)23-32(29,30)19-10-8-16(3)21(13-19)24(25)26/h4-13,22-23H,1-3H3. The first-order valence-corrected chi connectivity index (χ1v) is 12.3. The van der Waals surface area contributed by atoms with Gasteiger partial charge >= 0.3 is 0 Å². The van der Waals surface area contributed by atoms with E-state index < -0.39 is 25.0 Å². The highest BCUT2D eigenvalue weighted by atomic mass is 32.2. The van der Waals surface area contributed by atoms with Gasteiger partial charge in [-0.1, -0.05) is 24.3 Å². The number of hydrogen-bond donors (Lipinski definition) is 2.